The molecule has 17 heavy (non-hydrogen) atoms. The minimum Gasteiger partial charge on any atom is -0.298 e. The van der Waals surface area contributed by atoms with Crippen LogP contribution >= 0.6 is 0 Å². The molecule has 1 heterocycles. The van der Waals surface area contributed by atoms with Crippen molar-refractivity contribution in [3.63, 3.8) is 0 Å². The van der Waals surface area contributed by atoms with Gasteiger partial charge in [0.1, 0.15) is 5.54 Å². The maximum atomic E-state index is 9.49. The summed E-state index contributed by atoms with van der Waals surface area (Å²) in [5, 5.41) is 13.1. The molecule has 0 bridgehead atoms. The van der Waals surface area contributed by atoms with Crippen LogP contribution in [-0.2, 0) is 0 Å². The third-order valence-corrected chi connectivity index (χ3v) is 4.83. The summed E-state index contributed by atoms with van der Waals surface area (Å²) in [6.45, 7) is 3.59. The molecular formula is C14H23N3. The molecule has 3 fully saturated rings. The second kappa shape index (κ2) is 4.26. The van der Waals surface area contributed by atoms with E-state index >= 15 is 0 Å². The van der Waals surface area contributed by atoms with Gasteiger partial charge in [-0.2, -0.15) is 5.26 Å². The molecule has 2 aliphatic carbocycles. The van der Waals surface area contributed by atoms with Crippen LogP contribution in [-0.4, -0.2) is 35.1 Å². The summed E-state index contributed by atoms with van der Waals surface area (Å²) in [4.78, 5) is 2.65. The molecule has 1 N–H and O–H groups in total. The van der Waals surface area contributed by atoms with E-state index in [0.717, 1.165) is 18.9 Å². The fraction of sp³-hybridized carbons (Fsp3) is 0.929. The highest BCUT2D eigenvalue weighted by Crippen LogP contribution is 2.38. The zero-order chi connectivity index (χ0) is 11.9. The average Bonchev–Trinajstić information content (AvgIpc) is 2.87. The lowest BCUT2D eigenvalue weighted by Crippen LogP contribution is -2.45. The van der Waals surface area contributed by atoms with Gasteiger partial charge < -0.3 is 0 Å². The molecule has 0 amide bonds. The van der Waals surface area contributed by atoms with Crippen molar-refractivity contribution >= 4 is 0 Å². The zero-order valence-electron chi connectivity index (χ0n) is 10.8. The Balaban J connectivity index is 1.64. The van der Waals surface area contributed by atoms with Crippen molar-refractivity contribution in [3.8, 4) is 6.07 Å². The van der Waals surface area contributed by atoms with Crippen molar-refractivity contribution in [3.05, 3.63) is 0 Å². The van der Waals surface area contributed by atoms with Gasteiger partial charge in [-0.25, -0.2) is 0 Å². The van der Waals surface area contributed by atoms with Crippen LogP contribution in [0, 0.1) is 11.3 Å². The van der Waals surface area contributed by atoms with E-state index in [2.05, 4.69) is 23.2 Å². The van der Waals surface area contributed by atoms with E-state index in [1.807, 2.05) is 0 Å². The van der Waals surface area contributed by atoms with Gasteiger partial charge in [-0.05, 0) is 58.4 Å². The van der Waals surface area contributed by atoms with E-state index < -0.39 is 0 Å². The summed E-state index contributed by atoms with van der Waals surface area (Å²) in [6.07, 6.45) is 8.53. The van der Waals surface area contributed by atoms with Crippen molar-refractivity contribution < 1.29 is 0 Å². The molecule has 0 spiro atoms. The van der Waals surface area contributed by atoms with E-state index in [9.17, 15) is 5.26 Å². The molecule has 0 aromatic rings. The average molecular weight is 233 g/mol. The second-order valence-electron chi connectivity index (χ2n) is 6.24. The number of hydrogen-bond donors (Lipinski definition) is 1. The Morgan fingerprint density at radius 1 is 1.29 bits per heavy atom. The van der Waals surface area contributed by atoms with Gasteiger partial charge in [0.2, 0.25) is 0 Å². The minimum absolute atomic E-state index is 0.200. The van der Waals surface area contributed by atoms with E-state index in [0.29, 0.717) is 12.1 Å². The quantitative estimate of drug-likeness (QED) is 0.811. The molecule has 1 aliphatic heterocycles. The lowest BCUT2D eigenvalue weighted by molar-refractivity contribution is 0.186. The van der Waals surface area contributed by atoms with Crippen LogP contribution in [0.5, 0.6) is 0 Å². The first kappa shape index (κ1) is 11.5. The Bertz CT molecular complexity index is 331. The molecule has 3 aliphatic rings. The molecule has 0 radical (unpaired) electrons. The third-order valence-electron chi connectivity index (χ3n) is 4.83. The van der Waals surface area contributed by atoms with Gasteiger partial charge in [0.05, 0.1) is 6.07 Å². The number of hydrogen-bond acceptors (Lipinski definition) is 3. The first-order valence-corrected chi connectivity index (χ1v) is 7.17. The van der Waals surface area contributed by atoms with E-state index in [1.54, 1.807) is 0 Å². The standard InChI is InChI=1S/C14H23N3/c1-11-3-2-8-17(11)13-6-7-14(9-13,10-15)16-12-4-5-12/h11-13,16H,2-9H2,1H3. The molecule has 2 saturated carbocycles. The van der Waals surface area contributed by atoms with Crippen LogP contribution < -0.4 is 5.32 Å². The minimum atomic E-state index is -0.200. The topological polar surface area (TPSA) is 39.1 Å². The molecule has 3 heteroatoms. The van der Waals surface area contributed by atoms with Gasteiger partial charge in [-0.3, -0.25) is 10.2 Å². The Morgan fingerprint density at radius 2 is 2.12 bits per heavy atom. The van der Waals surface area contributed by atoms with Crippen molar-refractivity contribution in [2.75, 3.05) is 6.54 Å². The van der Waals surface area contributed by atoms with E-state index in [1.165, 1.54) is 38.6 Å². The van der Waals surface area contributed by atoms with Crippen LogP contribution in [0.2, 0.25) is 0 Å². The molecule has 0 aromatic carbocycles. The molecule has 0 aromatic heterocycles. The summed E-state index contributed by atoms with van der Waals surface area (Å²) in [5.41, 5.74) is -0.200. The van der Waals surface area contributed by atoms with Gasteiger partial charge in [-0.15, -0.1) is 0 Å². The van der Waals surface area contributed by atoms with Gasteiger partial charge in [0, 0.05) is 18.1 Å². The fourth-order valence-corrected chi connectivity index (χ4v) is 3.68. The molecule has 3 rings (SSSR count). The summed E-state index contributed by atoms with van der Waals surface area (Å²) >= 11 is 0. The Kier molecular flexibility index (Phi) is 2.88. The van der Waals surface area contributed by atoms with Crippen molar-refractivity contribution in [1.29, 1.82) is 5.26 Å². The molecular weight excluding hydrogens is 210 g/mol. The Labute approximate surface area is 104 Å². The van der Waals surface area contributed by atoms with Crippen molar-refractivity contribution in [2.24, 2.45) is 0 Å². The lowest BCUT2D eigenvalue weighted by atomic mass is 9.99. The molecule has 3 atom stereocenters. The van der Waals surface area contributed by atoms with Crippen LogP contribution in [0.15, 0.2) is 0 Å². The van der Waals surface area contributed by atoms with Crippen LogP contribution in [0.4, 0.5) is 0 Å². The predicted octanol–water partition coefficient (Wildman–Crippen LogP) is 2.04. The van der Waals surface area contributed by atoms with E-state index in [-0.39, 0.29) is 5.54 Å². The van der Waals surface area contributed by atoms with E-state index in [4.69, 9.17) is 0 Å². The third kappa shape index (κ3) is 2.21. The van der Waals surface area contributed by atoms with Crippen molar-refractivity contribution in [1.82, 2.24) is 10.2 Å². The summed E-state index contributed by atoms with van der Waals surface area (Å²) in [7, 11) is 0. The number of rotatable bonds is 3. The molecule has 3 unspecified atom stereocenters. The fourth-order valence-electron chi connectivity index (χ4n) is 3.68. The Morgan fingerprint density at radius 3 is 2.71 bits per heavy atom. The highest BCUT2D eigenvalue weighted by Gasteiger charge is 2.45. The van der Waals surface area contributed by atoms with Gasteiger partial charge in [0.15, 0.2) is 0 Å². The smallest absolute Gasteiger partial charge is 0.108 e. The van der Waals surface area contributed by atoms with Gasteiger partial charge in [0.25, 0.3) is 0 Å². The lowest BCUT2D eigenvalue weighted by Gasteiger charge is -2.30. The number of nitriles is 1. The molecule has 1 saturated heterocycles. The van der Waals surface area contributed by atoms with Gasteiger partial charge in [-0.1, -0.05) is 0 Å². The number of nitrogens with one attached hydrogen (secondary N) is 1. The zero-order valence-corrected chi connectivity index (χ0v) is 10.8. The largest absolute Gasteiger partial charge is 0.298 e. The van der Waals surface area contributed by atoms with Crippen LogP contribution in [0.3, 0.4) is 0 Å². The summed E-state index contributed by atoms with van der Waals surface area (Å²) in [5.74, 6) is 0. The van der Waals surface area contributed by atoms with Gasteiger partial charge >= 0.3 is 0 Å². The highest BCUT2D eigenvalue weighted by atomic mass is 15.2. The first-order valence-electron chi connectivity index (χ1n) is 7.17. The highest BCUT2D eigenvalue weighted by molar-refractivity contribution is 5.15. The Hall–Kier alpha value is -0.590. The van der Waals surface area contributed by atoms with Crippen molar-refractivity contribution in [2.45, 2.75) is 75.5 Å². The molecule has 94 valence electrons. The monoisotopic (exact) mass is 233 g/mol. The number of likely N-dealkylation sites (tertiary alicyclic amines) is 1. The maximum absolute atomic E-state index is 9.49. The number of nitrogens with zero attached hydrogens (tertiary/aromatic N) is 2. The first-order chi connectivity index (χ1) is 8.22. The summed E-state index contributed by atoms with van der Waals surface area (Å²) in [6, 6.07) is 4.61. The normalized spacial score (nSPS) is 42.8. The predicted molar refractivity (Wildman–Crippen MR) is 67.5 cm³/mol. The SMILES string of the molecule is CC1CCCN1C1CCC(C#N)(NC2CC2)C1. The maximum Gasteiger partial charge on any atom is 0.108 e. The second-order valence-corrected chi connectivity index (χ2v) is 6.24. The van der Waals surface area contributed by atoms with Crippen LogP contribution in [0.25, 0.3) is 0 Å². The van der Waals surface area contributed by atoms with Crippen LogP contribution in [0.1, 0.15) is 51.9 Å². The summed E-state index contributed by atoms with van der Waals surface area (Å²) < 4.78 is 0. The molecule has 3 nitrogen and oxygen atoms in total.